The molecule has 1 heterocycles. The molecule has 1 saturated heterocycles. The van der Waals surface area contributed by atoms with Crippen LogP contribution in [0.15, 0.2) is 0 Å². The lowest BCUT2D eigenvalue weighted by Crippen LogP contribution is -2.36. The van der Waals surface area contributed by atoms with Gasteiger partial charge in [-0.1, -0.05) is 0 Å². The average Bonchev–Trinajstić information content (AvgIpc) is 1.69. The van der Waals surface area contributed by atoms with Crippen molar-refractivity contribution >= 4 is 0 Å². The normalized spacial score (nSPS) is 33.0. The Balaban J connectivity index is 2.12. The summed E-state index contributed by atoms with van der Waals surface area (Å²) in [6.07, 6.45) is 0.175. The second-order valence-corrected chi connectivity index (χ2v) is 1.70. The van der Waals surface area contributed by atoms with Gasteiger partial charge in [0.1, 0.15) is 0 Å². The molecule has 0 aromatic carbocycles. The Hall–Kier alpha value is -0.0800. The molecule has 0 bridgehead atoms. The highest BCUT2D eigenvalue weighted by atomic mass is 16.5. The highest BCUT2D eigenvalue weighted by Crippen LogP contribution is 1.90. The first-order valence-corrected chi connectivity index (χ1v) is 2.55. The van der Waals surface area contributed by atoms with Crippen LogP contribution < -0.4 is 5.32 Å². The number of nitrogens with one attached hydrogen (secondary N) is 1. The predicted molar refractivity (Wildman–Crippen MR) is 28.0 cm³/mol. The molecule has 0 aliphatic carbocycles. The molecule has 1 N–H and O–H groups in total. The highest BCUT2D eigenvalue weighted by Gasteiger charge is 2.04. The number of hydrogen-bond donors (Lipinski definition) is 1. The van der Waals surface area contributed by atoms with Gasteiger partial charge >= 0.3 is 0 Å². The standard InChI is InChI=1S/C5H10NO/c1-5-4-6-2-3-7-5/h5-6H,1-4H2/t5-/m0/s1. The van der Waals surface area contributed by atoms with Crippen LogP contribution in [-0.2, 0) is 4.74 Å². The third kappa shape index (κ3) is 1.45. The van der Waals surface area contributed by atoms with Crippen molar-refractivity contribution in [3.8, 4) is 0 Å². The molecule has 0 unspecified atom stereocenters. The molecule has 1 fully saturated rings. The van der Waals surface area contributed by atoms with Crippen LogP contribution in [0.3, 0.4) is 0 Å². The molecule has 0 amide bonds. The summed E-state index contributed by atoms with van der Waals surface area (Å²) in [6, 6.07) is 0. The Labute approximate surface area is 43.9 Å². The Bertz CT molecular complexity index is 50.0. The lowest BCUT2D eigenvalue weighted by molar-refractivity contribution is 0.0574. The highest BCUT2D eigenvalue weighted by molar-refractivity contribution is 4.67. The second kappa shape index (κ2) is 2.28. The van der Waals surface area contributed by atoms with E-state index in [1.54, 1.807) is 0 Å². The largest absolute Gasteiger partial charge is 0.376 e. The molecule has 0 saturated carbocycles. The minimum Gasteiger partial charge on any atom is -0.376 e. The topological polar surface area (TPSA) is 21.3 Å². The van der Waals surface area contributed by atoms with Crippen molar-refractivity contribution in [2.45, 2.75) is 6.10 Å². The first-order valence-electron chi connectivity index (χ1n) is 2.55. The third-order valence-electron chi connectivity index (χ3n) is 1.00. The molecule has 41 valence electrons. The van der Waals surface area contributed by atoms with Crippen molar-refractivity contribution in [3.05, 3.63) is 6.92 Å². The van der Waals surface area contributed by atoms with Gasteiger partial charge in [-0.3, -0.25) is 0 Å². The van der Waals surface area contributed by atoms with Crippen LogP contribution in [0.5, 0.6) is 0 Å². The summed E-state index contributed by atoms with van der Waals surface area (Å²) >= 11 is 0. The van der Waals surface area contributed by atoms with Crippen LogP contribution in [0.25, 0.3) is 0 Å². The molecule has 1 aliphatic heterocycles. The van der Waals surface area contributed by atoms with E-state index >= 15 is 0 Å². The van der Waals surface area contributed by atoms with E-state index in [9.17, 15) is 0 Å². The van der Waals surface area contributed by atoms with Gasteiger partial charge in [0.25, 0.3) is 0 Å². The van der Waals surface area contributed by atoms with E-state index < -0.39 is 0 Å². The van der Waals surface area contributed by atoms with Crippen LogP contribution in [0.2, 0.25) is 0 Å². The lowest BCUT2D eigenvalue weighted by Gasteiger charge is -2.18. The Kier molecular flexibility index (Phi) is 1.65. The summed E-state index contributed by atoms with van der Waals surface area (Å²) in [5.41, 5.74) is 0. The van der Waals surface area contributed by atoms with Gasteiger partial charge in [0.05, 0.1) is 12.7 Å². The number of morpholine rings is 1. The van der Waals surface area contributed by atoms with E-state index in [1.165, 1.54) is 0 Å². The van der Waals surface area contributed by atoms with Gasteiger partial charge in [0.15, 0.2) is 0 Å². The molecule has 2 heteroatoms. The van der Waals surface area contributed by atoms with Gasteiger partial charge in [0, 0.05) is 13.1 Å². The van der Waals surface area contributed by atoms with Crippen LogP contribution in [-0.4, -0.2) is 25.8 Å². The minimum absolute atomic E-state index is 0.175. The quantitative estimate of drug-likeness (QED) is 0.455. The molecule has 1 rings (SSSR count). The van der Waals surface area contributed by atoms with Crippen molar-refractivity contribution in [1.29, 1.82) is 0 Å². The zero-order valence-electron chi connectivity index (χ0n) is 4.31. The SMILES string of the molecule is [CH2][C@H]1CNCCO1. The first-order chi connectivity index (χ1) is 3.39. The predicted octanol–water partition coefficient (Wildman–Crippen LogP) is -0.191. The molecule has 1 radical (unpaired) electrons. The van der Waals surface area contributed by atoms with Crippen molar-refractivity contribution in [1.82, 2.24) is 5.32 Å². The average molecular weight is 100 g/mol. The van der Waals surface area contributed by atoms with Crippen LogP contribution in [0.1, 0.15) is 0 Å². The Morgan fingerprint density at radius 2 is 2.57 bits per heavy atom. The first kappa shape index (κ1) is 5.06. The van der Waals surface area contributed by atoms with E-state index in [0.717, 1.165) is 19.7 Å². The smallest absolute Gasteiger partial charge is 0.0701 e. The van der Waals surface area contributed by atoms with Crippen molar-refractivity contribution < 1.29 is 4.74 Å². The summed E-state index contributed by atoms with van der Waals surface area (Å²) in [7, 11) is 0. The zero-order valence-corrected chi connectivity index (χ0v) is 4.31. The fourth-order valence-electron chi connectivity index (χ4n) is 0.620. The molecule has 0 spiro atoms. The van der Waals surface area contributed by atoms with Gasteiger partial charge in [-0.15, -0.1) is 0 Å². The lowest BCUT2D eigenvalue weighted by atomic mass is 10.3. The molecular formula is C5H10NO. The van der Waals surface area contributed by atoms with E-state index in [1.807, 2.05) is 0 Å². The summed E-state index contributed by atoms with van der Waals surface area (Å²) in [4.78, 5) is 0. The molecule has 0 aromatic rings. The van der Waals surface area contributed by atoms with Gasteiger partial charge in [-0.05, 0) is 6.92 Å². The van der Waals surface area contributed by atoms with E-state index in [4.69, 9.17) is 4.74 Å². The van der Waals surface area contributed by atoms with Gasteiger partial charge in [-0.25, -0.2) is 0 Å². The summed E-state index contributed by atoms with van der Waals surface area (Å²) in [6.45, 7) is 6.41. The fourth-order valence-corrected chi connectivity index (χ4v) is 0.620. The maximum absolute atomic E-state index is 5.10. The van der Waals surface area contributed by atoms with Crippen molar-refractivity contribution in [2.24, 2.45) is 0 Å². The molecule has 1 atom stereocenters. The molecule has 1 aliphatic rings. The maximum Gasteiger partial charge on any atom is 0.0701 e. The Morgan fingerprint density at radius 3 is 2.86 bits per heavy atom. The molecule has 7 heavy (non-hydrogen) atoms. The van der Waals surface area contributed by atoms with Gasteiger partial charge < -0.3 is 10.1 Å². The Morgan fingerprint density at radius 1 is 1.71 bits per heavy atom. The fraction of sp³-hybridized carbons (Fsp3) is 0.800. The third-order valence-corrected chi connectivity index (χ3v) is 1.00. The van der Waals surface area contributed by atoms with Crippen LogP contribution in [0.4, 0.5) is 0 Å². The van der Waals surface area contributed by atoms with Crippen molar-refractivity contribution in [3.63, 3.8) is 0 Å². The zero-order chi connectivity index (χ0) is 5.11. The number of hydrogen-bond acceptors (Lipinski definition) is 2. The number of rotatable bonds is 0. The number of ether oxygens (including phenoxy) is 1. The van der Waals surface area contributed by atoms with E-state index in [0.29, 0.717) is 0 Å². The van der Waals surface area contributed by atoms with Gasteiger partial charge in [0.2, 0.25) is 0 Å². The summed E-state index contributed by atoms with van der Waals surface area (Å²) < 4.78 is 5.10. The molecule has 0 aromatic heterocycles. The van der Waals surface area contributed by atoms with E-state index in [-0.39, 0.29) is 6.10 Å². The van der Waals surface area contributed by atoms with E-state index in [2.05, 4.69) is 12.2 Å². The van der Waals surface area contributed by atoms with Gasteiger partial charge in [-0.2, -0.15) is 0 Å². The second-order valence-electron chi connectivity index (χ2n) is 1.70. The summed E-state index contributed by atoms with van der Waals surface area (Å²) in [5, 5.41) is 3.15. The summed E-state index contributed by atoms with van der Waals surface area (Å²) in [5.74, 6) is 0. The van der Waals surface area contributed by atoms with Crippen molar-refractivity contribution in [2.75, 3.05) is 19.7 Å². The monoisotopic (exact) mass is 100 g/mol. The van der Waals surface area contributed by atoms with Crippen LogP contribution >= 0.6 is 0 Å². The van der Waals surface area contributed by atoms with Crippen LogP contribution in [0, 0.1) is 6.92 Å². The minimum atomic E-state index is 0.175. The maximum atomic E-state index is 5.10. The molecule has 2 nitrogen and oxygen atoms in total. The molecular weight excluding hydrogens is 90.1 g/mol.